The van der Waals surface area contributed by atoms with Crippen LogP contribution in [0.5, 0.6) is 0 Å². The summed E-state index contributed by atoms with van der Waals surface area (Å²) >= 11 is 6.39. The lowest BCUT2D eigenvalue weighted by atomic mass is 10.0. The van der Waals surface area contributed by atoms with Crippen molar-refractivity contribution in [1.29, 1.82) is 0 Å². The molecule has 13 heteroatoms. The quantitative estimate of drug-likeness (QED) is 0.425. The summed E-state index contributed by atoms with van der Waals surface area (Å²) in [6.45, 7) is 11.0. The van der Waals surface area contributed by atoms with Crippen LogP contribution in [0.4, 0.5) is 31.3 Å². The van der Waals surface area contributed by atoms with E-state index >= 15 is 0 Å². The molecule has 2 N–H and O–H groups in total. The van der Waals surface area contributed by atoms with Crippen molar-refractivity contribution in [3.63, 3.8) is 0 Å². The highest BCUT2D eigenvalue weighted by Crippen LogP contribution is 2.32. The lowest BCUT2D eigenvalue weighted by Crippen LogP contribution is -2.53. The first-order chi connectivity index (χ1) is 18.6. The first-order valence-electron chi connectivity index (χ1n) is 12.9. The summed E-state index contributed by atoms with van der Waals surface area (Å²) in [7, 11) is 0. The molecule has 0 saturated carbocycles. The van der Waals surface area contributed by atoms with Crippen molar-refractivity contribution in [1.82, 2.24) is 19.5 Å². The van der Waals surface area contributed by atoms with Gasteiger partial charge in [0.2, 0.25) is 0 Å². The van der Waals surface area contributed by atoms with Crippen LogP contribution in [0.2, 0.25) is 5.02 Å². The molecule has 3 heterocycles. The number of benzene rings is 1. The lowest BCUT2D eigenvalue weighted by Gasteiger charge is -2.37. The minimum absolute atomic E-state index is 0.144. The van der Waals surface area contributed by atoms with Gasteiger partial charge in [-0.1, -0.05) is 17.7 Å². The molecule has 0 aliphatic carbocycles. The van der Waals surface area contributed by atoms with Gasteiger partial charge in [-0.25, -0.2) is 23.9 Å². The second-order valence-electron chi connectivity index (χ2n) is 11.6. The molecule has 1 fully saturated rings. The molecule has 3 aromatic rings. The van der Waals surface area contributed by atoms with Crippen molar-refractivity contribution in [2.45, 2.75) is 71.3 Å². The van der Waals surface area contributed by atoms with Crippen LogP contribution in [0.1, 0.15) is 48.0 Å². The van der Waals surface area contributed by atoms with E-state index in [9.17, 15) is 19.1 Å². The molecule has 2 atom stereocenters. The van der Waals surface area contributed by atoms with Gasteiger partial charge in [0.25, 0.3) is 0 Å². The zero-order valence-corrected chi connectivity index (χ0v) is 24.1. The summed E-state index contributed by atoms with van der Waals surface area (Å²) < 4.78 is 26.8. The van der Waals surface area contributed by atoms with Crippen molar-refractivity contribution in [3.8, 4) is 0 Å². The predicted molar refractivity (Wildman–Crippen MR) is 149 cm³/mol. The second kappa shape index (κ2) is 11.1. The fourth-order valence-corrected chi connectivity index (χ4v) is 4.34. The van der Waals surface area contributed by atoms with Crippen LogP contribution in [0.3, 0.4) is 0 Å². The van der Waals surface area contributed by atoms with E-state index < -0.39 is 41.4 Å². The van der Waals surface area contributed by atoms with E-state index in [1.807, 2.05) is 0 Å². The van der Waals surface area contributed by atoms with Crippen LogP contribution in [0.15, 0.2) is 36.5 Å². The third kappa shape index (κ3) is 6.92. The molecule has 11 nitrogen and oxygen atoms in total. The average Bonchev–Trinajstić information content (AvgIpc) is 3.19. The molecular weight excluding hydrogens is 543 g/mol. The summed E-state index contributed by atoms with van der Waals surface area (Å²) in [5.41, 5.74) is -1.12. The number of nitrogens with zero attached hydrogens (tertiary/aromatic N) is 5. The van der Waals surface area contributed by atoms with Crippen LogP contribution < -0.4 is 10.2 Å². The first-order valence-corrected chi connectivity index (χ1v) is 13.2. The topological polar surface area (TPSA) is 122 Å². The van der Waals surface area contributed by atoms with Crippen LogP contribution in [0.25, 0.3) is 5.65 Å². The monoisotopic (exact) mass is 576 g/mol. The zero-order chi connectivity index (χ0) is 29.4. The Morgan fingerprint density at radius 2 is 1.85 bits per heavy atom. The van der Waals surface area contributed by atoms with Crippen LogP contribution in [-0.2, 0) is 9.47 Å². The highest BCUT2D eigenvalue weighted by atomic mass is 35.5. The Bertz CT molecular complexity index is 1400. The summed E-state index contributed by atoms with van der Waals surface area (Å²) in [6.07, 6.45) is -0.387. The molecule has 0 bridgehead atoms. The number of fused-ring (bicyclic) bond motifs is 1. The number of aromatic nitrogens is 3. The number of hydrogen-bond donors (Lipinski definition) is 2. The van der Waals surface area contributed by atoms with E-state index in [4.69, 9.17) is 21.1 Å². The Labute approximate surface area is 236 Å². The van der Waals surface area contributed by atoms with Gasteiger partial charge in [-0.3, -0.25) is 0 Å². The molecular formula is C27H34ClFN6O5. The Balaban J connectivity index is 1.74. The van der Waals surface area contributed by atoms with Gasteiger partial charge in [-0.2, -0.15) is 9.61 Å². The van der Waals surface area contributed by atoms with E-state index in [0.29, 0.717) is 13.0 Å². The highest BCUT2D eigenvalue weighted by Gasteiger charge is 2.34. The number of likely N-dealkylation sites (tertiary alicyclic amines) is 1. The Morgan fingerprint density at radius 3 is 2.50 bits per heavy atom. The van der Waals surface area contributed by atoms with Crippen molar-refractivity contribution in [3.05, 3.63) is 47.4 Å². The molecule has 2 aromatic heterocycles. The number of ether oxygens (including phenoxy) is 2. The largest absolute Gasteiger partial charge is 0.444 e. The van der Waals surface area contributed by atoms with Gasteiger partial charge in [-0.15, -0.1) is 0 Å². The highest BCUT2D eigenvalue weighted by molar-refractivity contribution is 6.33. The summed E-state index contributed by atoms with van der Waals surface area (Å²) in [5, 5.41) is 18.4. The predicted octanol–water partition coefficient (Wildman–Crippen LogP) is 5.38. The number of rotatable bonds is 4. The van der Waals surface area contributed by atoms with Gasteiger partial charge < -0.3 is 24.8 Å². The van der Waals surface area contributed by atoms with Gasteiger partial charge in [0.1, 0.15) is 33.7 Å². The molecule has 1 aliphatic heterocycles. The molecule has 2 amide bonds. The number of nitrogens with one attached hydrogen (secondary N) is 1. The van der Waals surface area contributed by atoms with E-state index in [2.05, 4.69) is 15.4 Å². The van der Waals surface area contributed by atoms with Gasteiger partial charge in [-0.05, 0) is 66.2 Å². The smallest absolute Gasteiger partial charge is 0.420 e. The maximum Gasteiger partial charge on any atom is 0.420 e. The van der Waals surface area contributed by atoms with Crippen LogP contribution >= 0.6 is 11.6 Å². The molecule has 40 heavy (non-hydrogen) atoms. The van der Waals surface area contributed by atoms with E-state index in [1.165, 1.54) is 44.8 Å². The van der Waals surface area contributed by atoms with E-state index in [0.717, 1.165) is 0 Å². The maximum absolute atomic E-state index is 14.3. The minimum Gasteiger partial charge on any atom is -0.444 e. The number of amides is 2. The summed E-state index contributed by atoms with van der Waals surface area (Å²) in [6, 6.07) is 6.38. The number of piperidine rings is 1. The minimum atomic E-state index is -0.852. The summed E-state index contributed by atoms with van der Waals surface area (Å²) in [4.78, 5) is 33.4. The first kappa shape index (κ1) is 29.3. The molecule has 0 unspecified atom stereocenters. The zero-order valence-electron chi connectivity index (χ0n) is 23.3. The van der Waals surface area contributed by atoms with E-state index in [-0.39, 0.29) is 34.5 Å². The standard InChI is InChI=1S/C27H34ClFN6O5/c1-26(2,3)39-24(37)33-11-10-20(36)19(15-33)31-21-13-22(35-23(32-21)18(28)14-30-35)34(25(38)40-27(4,5)6)17-9-7-8-16(29)12-17/h7-9,12-14,19-20,36H,10-11,15H2,1-6H3,(H,31,32)/t19-,20-/m0/s1. The third-order valence-electron chi connectivity index (χ3n) is 5.84. The molecule has 1 aliphatic rings. The molecule has 0 radical (unpaired) electrons. The normalized spacial score (nSPS) is 18.0. The third-order valence-corrected chi connectivity index (χ3v) is 6.11. The average molecular weight is 577 g/mol. The lowest BCUT2D eigenvalue weighted by molar-refractivity contribution is 0.00688. The molecule has 216 valence electrons. The van der Waals surface area contributed by atoms with Crippen molar-refractivity contribution >= 4 is 46.8 Å². The van der Waals surface area contributed by atoms with Crippen LogP contribution in [0, 0.1) is 5.82 Å². The maximum atomic E-state index is 14.3. The van der Waals surface area contributed by atoms with Gasteiger partial charge in [0.05, 0.1) is 24.0 Å². The van der Waals surface area contributed by atoms with Crippen molar-refractivity contribution in [2.75, 3.05) is 23.3 Å². The Kier molecular flexibility index (Phi) is 8.13. The Morgan fingerprint density at radius 1 is 1.15 bits per heavy atom. The van der Waals surface area contributed by atoms with E-state index in [1.54, 1.807) is 47.6 Å². The molecule has 4 rings (SSSR count). The Hall–Kier alpha value is -3.64. The fourth-order valence-electron chi connectivity index (χ4n) is 4.17. The summed E-state index contributed by atoms with van der Waals surface area (Å²) in [5.74, 6) is -0.153. The number of halogens is 2. The van der Waals surface area contributed by atoms with Gasteiger partial charge >= 0.3 is 12.2 Å². The van der Waals surface area contributed by atoms with Crippen molar-refractivity contribution < 1.29 is 28.6 Å². The second-order valence-corrected chi connectivity index (χ2v) is 12.0. The van der Waals surface area contributed by atoms with Gasteiger partial charge in [0.15, 0.2) is 5.65 Å². The van der Waals surface area contributed by atoms with Crippen molar-refractivity contribution in [2.24, 2.45) is 0 Å². The SMILES string of the molecule is CC(C)(C)OC(=O)N1CC[C@H](O)[C@@H](Nc2cc(N(C(=O)OC(C)(C)C)c3cccc(F)c3)n3ncc(Cl)c3n2)C1. The van der Waals surface area contributed by atoms with Gasteiger partial charge in [0, 0.05) is 19.2 Å². The number of hydrogen-bond acceptors (Lipinski definition) is 8. The molecule has 1 saturated heterocycles. The number of aliphatic hydroxyl groups excluding tert-OH is 1. The number of carbonyl (C=O) groups is 2. The number of carbonyl (C=O) groups excluding carboxylic acids is 2. The number of anilines is 3. The number of aliphatic hydroxyl groups is 1. The molecule has 1 aromatic carbocycles. The van der Waals surface area contributed by atoms with Crippen LogP contribution in [-0.4, -0.2) is 73.2 Å². The fraction of sp³-hybridized carbons (Fsp3) is 0.481. The molecule has 0 spiro atoms.